The SMILES string of the molecule is Cc1ccc(C(O)c2ccc(F)cc2)c2ccccc12. The van der Waals surface area contributed by atoms with Gasteiger partial charge in [0.1, 0.15) is 11.9 Å². The quantitative estimate of drug-likeness (QED) is 0.730. The summed E-state index contributed by atoms with van der Waals surface area (Å²) in [6.45, 7) is 2.05. The minimum Gasteiger partial charge on any atom is -0.384 e. The second-order valence-electron chi connectivity index (χ2n) is 4.97. The fourth-order valence-electron chi connectivity index (χ4n) is 2.54. The molecule has 0 radical (unpaired) electrons. The molecule has 0 aliphatic carbocycles. The van der Waals surface area contributed by atoms with Crippen LogP contribution in [0.25, 0.3) is 10.8 Å². The van der Waals surface area contributed by atoms with Gasteiger partial charge in [-0.3, -0.25) is 0 Å². The van der Waals surface area contributed by atoms with Gasteiger partial charge in [0.25, 0.3) is 0 Å². The molecule has 0 amide bonds. The lowest BCUT2D eigenvalue weighted by Crippen LogP contribution is -2.01. The molecular weight excluding hydrogens is 251 g/mol. The van der Waals surface area contributed by atoms with Crippen LogP contribution in [0.4, 0.5) is 4.39 Å². The predicted molar refractivity (Wildman–Crippen MR) is 79.1 cm³/mol. The average molecular weight is 266 g/mol. The van der Waals surface area contributed by atoms with Crippen molar-refractivity contribution in [1.29, 1.82) is 0 Å². The molecule has 0 saturated heterocycles. The highest BCUT2D eigenvalue weighted by Gasteiger charge is 2.14. The van der Waals surface area contributed by atoms with Crippen molar-refractivity contribution < 1.29 is 9.50 Å². The summed E-state index contributed by atoms with van der Waals surface area (Å²) in [6, 6.07) is 17.9. The first-order valence-electron chi connectivity index (χ1n) is 6.58. The van der Waals surface area contributed by atoms with Crippen LogP contribution in [-0.2, 0) is 0 Å². The van der Waals surface area contributed by atoms with Crippen molar-refractivity contribution in [2.24, 2.45) is 0 Å². The Labute approximate surface area is 117 Å². The third-order valence-electron chi connectivity index (χ3n) is 3.66. The van der Waals surface area contributed by atoms with Gasteiger partial charge in [0.2, 0.25) is 0 Å². The van der Waals surface area contributed by atoms with Crippen LogP contribution in [0.15, 0.2) is 60.7 Å². The molecule has 1 nitrogen and oxygen atoms in total. The van der Waals surface area contributed by atoms with E-state index in [1.165, 1.54) is 17.7 Å². The number of halogens is 1. The van der Waals surface area contributed by atoms with E-state index in [-0.39, 0.29) is 5.82 Å². The second-order valence-corrected chi connectivity index (χ2v) is 4.97. The zero-order valence-electron chi connectivity index (χ0n) is 11.2. The lowest BCUT2D eigenvalue weighted by molar-refractivity contribution is 0.222. The van der Waals surface area contributed by atoms with Gasteiger partial charge in [-0.05, 0) is 46.5 Å². The van der Waals surface area contributed by atoms with E-state index in [1.807, 2.05) is 36.4 Å². The molecule has 3 rings (SSSR count). The topological polar surface area (TPSA) is 20.2 Å². The van der Waals surface area contributed by atoms with Crippen LogP contribution in [0.3, 0.4) is 0 Å². The maximum absolute atomic E-state index is 13.0. The number of aliphatic hydroxyl groups excluding tert-OH is 1. The van der Waals surface area contributed by atoms with Gasteiger partial charge in [-0.1, -0.05) is 48.5 Å². The van der Waals surface area contributed by atoms with Crippen molar-refractivity contribution in [2.75, 3.05) is 0 Å². The molecule has 3 aromatic rings. The Balaban J connectivity index is 2.14. The van der Waals surface area contributed by atoms with E-state index in [9.17, 15) is 9.50 Å². The van der Waals surface area contributed by atoms with Crippen molar-refractivity contribution >= 4 is 10.8 Å². The molecule has 0 heterocycles. The zero-order chi connectivity index (χ0) is 14.1. The first kappa shape index (κ1) is 12.8. The smallest absolute Gasteiger partial charge is 0.123 e. The molecule has 0 aromatic heterocycles. The molecule has 3 aromatic carbocycles. The number of aliphatic hydroxyl groups is 1. The van der Waals surface area contributed by atoms with Gasteiger partial charge in [-0.15, -0.1) is 0 Å². The van der Waals surface area contributed by atoms with Gasteiger partial charge < -0.3 is 5.11 Å². The molecule has 0 fully saturated rings. The van der Waals surface area contributed by atoms with E-state index < -0.39 is 6.10 Å². The molecule has 0 bridgehead atoms. The molecule has 1 atom stereocenters. The van der Waals surface area contributed by atoms with Crippen LogP contribution >= 0.6 is 0 Å². The molecule has 1 unspecified atom stereocenters. The van der Waals surface area contributed by atoms with Crippen LogP contribution < -0.4 is 0 Å². The fraction of sp³-hybridized carbons (Fsp3) is 0.111. The van der Waals surface area contributed by atoms with Crippen molar-refractivity contribution in [3.63, 3.8) is 0 Å². The number of hydrogen-bond donors (Lipinski definition) is 1. The summed E-state index contributed by atoms with van der Waals surface area (Å²) in [6.07, 6.45) is -0.749. The number of fused-ring (bicyclic) bond motifs is 1. The van der Waals surface area contributed by atoms with E-state index in [2.05, 4.69) is 6.92 Å². The minimum atomic E-state index is -0.749. The molecule has 0 spiro atoms. The van der Waals surface area contributed by atoms with Crippen molar-refractivity contribution in [3.05, 3.63) is 83.2 Å². The summed E-state index contributed by atoms with van der Waals surface area (Å²) in [5.41, 5.74) is 2.72. The maximum atomic E-state index is 13.0. The first-order chi connectivity index (χ1) is 9.66. The monoisotopic (exact) mass is 266 g/mol. The third-order valence-corrected chi connectivity index (χ3v) is 3.66. The Morgan fingerprint density at radius 1 is 0.850 bits per heavy atom. The van der Waals surface area contributed by atoms with Crippen molar-refractivity contribution in [3.8, 4) is 0 Å². The van der Waals surface area contributed by atoms with E-state index >= 15 is 0 Å². The van der Waals surface area contributed by atoms with Crippen LogP contribution in [0.2, 0.25) is 0 Å². The zero-order valence-corrected chi connectivity index (χ0v) is 11.2. The highest BCUT2D eigenvalue weighted by Crippen LogP contribution is 2.30. The summed E-state index contributed by atoms with van der Waals surface area (Å²) < 4.78 is 13.0. The lowest BCUT2D eigenvalue weighted by Gasteiger charge is -2.15. The van der Waals surface area contributed by atoms with Crippen LogP contribution in [-0.4, -0.2) is 5.11 Å². The van der Waals surface area contributed by atoms with E-state index in [1.54, 1.807) is 12.1 Å². The predicted octanol–water partition coefficient (Wildman–Crippen LogP) is 4.37. The second kappa shape index (κ2) is 5.06. The van der Waals surface area contributed by atoms with Gasteiger partial charge in [0, 0.05) is 0 Å². The summed E-state index contributed by atoms with van der Waals surface area (Å²) in [5, 5.41) is 12.7. The van der Waals surface area contributed by atoms with E-state index in [4.69, 9.17) is 0 Å². The van der Waals surface area contributed by atoms with Gasteiger partial charge >= 0.3 is 0 Å². The standard InChI is InChI=1S/C18H15FO/c1-12-6-11-17(16-5-3-2-4-15(12)16)18(20)13-7-9-14(19)10-8-13/h2-11,18,20H,1H3. The summed E-state index contributed by atoms with van der Waals surface area (Å²) in [7, 11) is 0. The normalized spacial score (nSPS) is 12.6. The third kappa shape index (κ3) is 2.19. The Kier molecular flexibility index (Phi) is 3.25. The van der Waals surface area contributed by atoms with Gasteiger partial charge in [0.05, 0.1) is 0 Å². The highest BCUT2D eigenvalue weighted by atomic mass is 19.1. The Morgan fingerprint density at radius 3 is 2.20 bits per heavy atom. The molecule has 0 aliphatic heterocycles. The first-order valence-corrected chi connectivity index (χ1v) is 6.58. The van der Waals surface area contributed by atoms with E-state index in [0.29, 0.717) is 5.56 Å². The Morgan fingerprint density at radius 2 is 1.50 bits per heavy atom. The number of benzene rings is 3. The molecule has 100 valence electrons. The van der Waals surface area contributed by atoms with Crippen LogP contribution in [0.1, 0.15) is 22.8 Å². The molecule has 0 aliphatic rings. The minimum absolute atomic E-state index is 0.297. The summed E-state index contributed by atoms with van der Waals surface area (Å²) in [4.78, 5) is 0. The van der Waals surface area contributed by atoms with E-state index in [0.717, 1.165) is 16.3 Å². The molecule has 0 saturated carbocycles. The maximum Gasteiger partial charge on any atom is 0.123 e. The molecule has 20 heavy (non-hydrogen) atoms. The van der Waals surface area contributed by atoms with Crippen LogP contribution in [0.5, 0.6) is 0 Å². The number of aryl methyl sites for hydroxylation is 1. The highest BCUT2D eigenvalue weighted by molar-refractivity contribution is 5.89. The molecule has 1 N–H and O–H groups in total. The van der Waals surface area contributed by atoms with Gasteiger partial charge in [-0.2, -0.15) is 0 Å². The average Bonchev–Trinajstić information content (AvgIpc) is 2.48. The fourth-order valence-corrected chi connectivity index (χ4v) is 2.54. The number of hydrogen-bond acceptors (Lipinski definition) is 1. The Hall–Kier alpha value is -2.19. The summed E-state index contributed by atoms with van der Waals surface area (Å²) >= 11 is 0. The lowest BCUT2D eigenvalue weighted by atomic mass is 9.94. The molecule has 2 heteroatoms. The largest absolute Gasteiger partial charge is 0.384 e. The van der Waals surface area contributed by atoms with Crippen molar-refractivity contribution in [1.82, 2.24) is 0 Å². The summed E-state index contributed by atoms with van der Waals surface area (Å²) in [5.74, 6) is -0.297. The van der Waals surface area contributed by atoms with Crippen LogP contribution in [0, 0.1) is 12.7 Å². The van der Waals surface area contributed by atoms with Gasteiger partial charge in [0.15, 0.2) is 0 Å². The van der Waals surface area contributed by atoms with Crippen molar-refractivity contribution in [2.45, 2.75) is 13.0 Å². The Bertz CT molecular complexity index is 747. The van der Waals surface area contributed by atoms with Gasteiger partial charge in [-0.25, -0.2) is 4.39 Å². The number of rotatable bonds is 2. The molecular formula is C18H15FO.